The minimum atomic E-state index is -0.672. The number of rotatable bonds is 2. The van der Waals surface area contributed by atoms with Crippen molar-refractivity contribution in [2.24, 2.45) is 0 Å². The second-order valence-electron chi connectivity index (χ2n) is 5.30. The van der Waals surface area contributed by atoms with Crippen molar-refractivity contribution in [1.82, 2.24) is 10.2 Å². The standard InChI is InChI=1S/C18H13ClF2N2/c1-10-8-13(20)16(14(21)9-10)17-15(11(2)22-23-18(17)19)12-6-4-3-5-7-12/h3-9H,1-2H3. The molecule has 0 spiro atoms. The fourth-order valence-corrected chi connectivity index (χ4v) is 2.85. The Hall–Kier alpha value is -2.33. The third-order valence-corrected chi connectivity index (χ3v) is 3.87. The van der Waals surface area contributed by atoms with E-state index < -0.39 is 11.6 Å². The van der Waals surface area contributed by atoms with Crippen LogP contribution in [-0.4, -0.2) is 10.2 Å². The highest BCUT2D eigenvalue weighted by molar-refractivity contribution is 6.32. The molecule has 0 aliphatic carbocycles. The molecule has 0 saturated heterocycles. The first kappa shape index (κ1) is 15.6. The topological polar surface area (TPSA) is 25.8 Å². The highest BCUT2D eigenvalue weighted by Gasteiger charge is 2.22. The summed E-state index contributed by atoms with van der Waals surface area (Å²) in [6.45, 7) is 3.37. The summed E-state index contributed by atoms with van der Waals surface area (Å²) in [5.74, 6) is -1.34. The molecule has 3 rings (SSSR count). The normalized spacial score (nSPS) is 10.8. The Balaban J connectivity index is 2.40. The van der Waals surface area contributed by atoms with Gasteiger partial charge in [-0.05, 0) is 37.1 Å². The number of nitrogens with zero attached hydrogens (tertiary/aromatic N) is 2. The lowest BCUT2D eigenvalue weighted by Crippen LogP contribution is -2.01. The zero-order valence-electron chi connectivity index (χ0n) is 12.6. The average molecular weight is 331 g/mol. The van der Waals surface area contributed by atoms with E-state index in [2.05, 4.69) is 10.2 Å². The van der Waals surface area contributed by atoms with E-state index in [0.29, 0.717) is 16.8 Å². The van der Waals surface area contributed by atoms with Crippen LogP contribution < -0.4 is 0 Å². The van der Waals surface area contributed by atoms with Crippen LogP contribution in [0, 0.1) is 25.5 Å². The minimum Gasteiger partial charge on any atom is -0.206 e. The van der Waals surface area contributed by atoms with Gasteiger partial charge >= 0.3 is 0 Å². The molecule has 1 heterocycles. The van der Waals surface area contributed by atoms with E-state index in [0.717, 1.165) is 5.56 Å². The van der Waals surface area contributed by atoms with Crippen LogP contribution in [0.2, 0.25) is 5.15 Å². The summed E-state index contributed by atoms with van der Waals surface area (Å²) >= 11 is 6.16. The summed E-state index contributed by atoms with van der Waals surface area (Å²) in [5, 5.41) is 7.79. The number of hydrogen-bond acceptors (Lipinski definition) is 2. The quantitative estimate of drug-likeness (QED) is 0.632. The van der Waals surface area contributed by atoms with Gasteiger partial charge in [0.05, 0.1) is 11.3 Å². The number of halogens is 3. The van der Waals surface area contributed by atoms with Crippen LogP contribution in [0.5, 0.6) is 0 Å². The lowest BCUT2D eigenvalue weighted by Gasteiger charge is -2.15. The molecule has 0 N–H and O–H groups in total. The summed E-state index contributed by atoms with van der Waals surface area (Å²) in [4.78, 5) is 0. The maximum atomic E-state index is 14.5. The number of aryl methyl sites for hydroxylation is 2. The van der Waals surface area contributed by atoms with E-state index in [1.54, 1.807) is 13.8 Å². The highest BCUT2D eigenvalue weighted by atomic mass is 35.5. The minimum absolute atomic E-state index is 0.0314. The first-order valence-electron chi connectivity index (χ1n) is 7.03. The summed E-state index contributed by atoms with van der Waals surface area (Å²) in [5.41, 5.74) is 2.44. The van der Waals surface area contributed by atoms with Gasteiger partial charge in [0.1, 0.15) is 11.6 Å². The van der Waals surface area contributed by atoms with Crippen LogP contribution in [-0.2, 0) is 0 Å². The zero-order valence-corrected chi connectivity index (χ0v) is 13.3. The maximum Gasteiger partial charge on any atom is 0.160 e. The summed E-state index contributed by atoms with van der Waals surface area (Å²) in [6.07, 6.45) is 0. The summed E-state index contributed by atoms with van der Waals surface area (Å²) in [6, 6.07) is 11.8. The van der Waals surface area contributed by atoms with Crippen molar-refractivity contribution < 1.29 is 8.78 Å². The molecule has 116 valence electrons. The van der Waals surface area contributed by atoms with Crippen molar-refractivity contribution in [3.63, 3.8) is 0 Å². The average Bonchev–Trinajstić information content (AvgIpc) is 2.50. The molecule has 23 heavy (non-hydrogen) atoms. The van der Waals surface area contributed by atoms with E-state index in [1.165, 1.54) is 12.1 Å². The summed E-state index contributed by atoms with van der Waals surface area (Å²) in [7, 11) is 0. The molecule has 0 unspecified atom stereocenters. The van der Waals surface area contributed by atoms with Gasteiger partial charge in [-0.3, -0.25) is 0 Å². The van der Waals surface area contributed by atoms with E-state index in [1.807, 2.05) is 30.3 Å². The predicted octanol–water partition coefficient (Wildman–Crippen LogP) is 5.36. The van der Waals surface area contributed by atoms with Crippen LogP contribution in [0.4, 0.5) is 8.78 Å². The maximum absolute atomic E-state index is 14.5. The molecule has 0 atom stereocenters. The van der Waals surface area contributed by atoms with Crippen molar-refractivity contribution >= 4 is 11.6 Å². The van der Waals surface area contributed by atoms with Gasteiger partial charge in [-0.2, -0.15) is 5.10 Å². The molecule has 0 aliphatic heterocycles. The molecule has 2 nitrogen and oxygen atoms in total. The third-order valence-electron chi connectivity index (χ3n) is 3.60. The van der Waals surface area contributed by atoms with Crippen molar-refractivity contribution in [3.8, 4) is 22.3 Å². The molecule has 3 aromatic rings. The fraction of sp³-hybridized carbons (Fsp3) is 0.111. The van der Waals surface area contributed by atoms with E-state index in [9.17, 15) is 8.78 Å². The smallest absolute Gasteiger partial charge is 0.160 e. The van der Waals surface area contributed by atoms with Gasteiger partial charge in [-0.15, -0.1) is 5.10 Å². The van der Waals surface area contributed by atoms with Gasteiger partial charge < -0.3 is 0 Å². The van der Waals surface area contributed by atoms with Crippen LogP contribution in [0.3, 0.4) is 0 Å². The molecule has 0 bridgehead atoms. The highest BCUT2D eigenvalue weighted by Crippen LogP contribution is 2.40. The molecule has 0 radical (unpaired) electrons. The molecule has 1 aromatic heterocycles. The zero-order chi connectivity index (χ0) is 16.6. The molecular weight excluding hydrogens is 318 g/mol. The van der Waals surface area contributed by atoms with Gasteiger partial charge in [0.2, 0.25) is 0 Å². The number of hydrogen-bond donors (Lipinski definition) is 0. The lowest BCUT2D eigenvalue weighted by molar-refractivity contribution is 0.587. The predicted molar refractivity (Wildman–Crippen MR) is 87.3 cm³/mol. The Bertz CT molecular complexity index is 857. The van der Waals surface area contributed by atoms with Crippen molar-refractivity contribution in [1.29, 1.82) is 0 Å². The largest absolute Gasteiger partial charge is 0.206 e. The molecule has 0 aliphatic rings. The van der Waals surface area contributed by atoms with Gasteiger partial charge in [-0.25, -0.2) is 8.78 Å². The lowest BCUT2D eigenvalue weighted by atomic mass is 9.94. The van der Waals surface area contributed by atoms with Gasteiger partial charge in [0.25, 0.3) is 0 Å². The Labute approximate surface area is 137 Å². The molecule has 2 aromatic carbocycles. The molecule has 0 fully saturated rings. The van der Waals surface area contributed by atoms with E-state index in [-0.39, 0.29) is 16.3 Å². The van der Waals surface area contributed by atoms with Crippen LogP contribution in [0.1, 0.15) is 11.3 Å². The van der Waals surface area contributed by atoms with Gasteiger partial charge in [0, 0.05) is 11.1 Å². The molecule has 0 amide bonds. The van der Waals surface area contributed by atoms with Crippen molar-refractivity contribution in [2.75, 3.05) is 0 Å². The second kappa shape index (κ2) is 6.05. The molecular formula is C18H13ClF2N2. The first-order valence-corrected chi connectivity index (χ1v) is 7.41. The Morgan fingerprint density at radius 1 is 0.826 bits per heavy atom. The third kappa shape index (κ3) is 2.82. The number of benzene rings is 2. The van der Waals surface area contributed by atoms with E-state index >= 15 is 0 Å². The Morgan fingerprint density at radius 3 is 2.04 bits per heavy atom. The van der Waals surface area contributed by atoms with Gasteiger partial charge in [-0.1, -0.05) is 41.9 Å². The first-order chi connectivity index (χ1) is 11.0. The SMILES string of the molecule is Cc1cc(F)c(-c2c(Cl)nnc(C)c2-c2ccccc2)c(F)c1. The Morgan fingerprint density at radius 2 is 1.43 bits per heavy atom. The van der Waals surface area contributed by atoms with Crippen LogP contribution in [0.25, 0.3) is 22.3 Å². The monoisotopic (exact) mass is 330 g/mol. The van der Waals surface area contributed by atoms with Crippen LogP contribution in [0.15, 0.2) is 42.5 Å². The Kier molecular flexibility index (Phi) is 4.09. The van der Waals surface area contributed by atoms with Crippen molar-refractivity contribution in [2.45, 2.75) is 13.8 Å². The van der Waals surface area contributed by atoms with Gasteiger partial charge in [0.15, 0.2) is 5.15 Å². The molecule has 5 heteroatoms. The van der Waals surface area contributed by atoms with E-state index in [4.69, 9.17) is 11.6 Å². The van der Waals surface area contributed by atoms with Crippen LogP contribution >= 0.6 is 11.6 Å². The number of aromatic nitrogens is 2. The summed E-state index contributed by atoms with van der Waals surface area (Å²) < 4.78 is 28.9. The van der Waals surface area contributed by atoms with Crippen molar-refractivity contribution in [3.05, 3.63) is 70.5 Å². The fourth-order valence-electron chi connectivity index (χ4n) is 2.63. The second-order valence-corrected chi connectivity index (χ2v) is 5.65. The molecule has 0 saturated carbocycles.